The molecule has 27 heavy (non-hydrogen) atoms. The van der Waals surface area contributed by atoms with Crippen LogP contribution in [0.1, 0.15) is 11.1 Å². The van der Waals surface area contributed by atoms with Crippen LogP contribution in [0.15, 0.2) is 72.8 Å². The third kappa shape index (κ3) is 4.23. The van der Waals surface area contributed by atoms with E-state index in [4.69, 9.17) is 16.3 Å². The number of nitrogens with zero attached hydrogens (tertiary/aromatic N) is 1. The Labute approximate surface area is 163 Å². The lowest BCUT2D eigenvalue weighted by molar-refractivity contribution is 0.215. The second-order valence-corrected chi connectivity index (χ2v) is 6.91. The van der Waals surface area contributed by atoms with Crippen LogP contribution >= 0.6 is 11.6 Å². The van der Waals surface area contributed by atoms with Gasteiger partial charge in [-0.3, -0.25) is 5.32 Å². The Balaban J connectivity index is 1.41. The van der Waals surface area contributed by atoms with Gasteiger partial charge in [0.1, 0.15) is 5.75 Å². The van der Waals surface area contributed by atoms with Gasteiger partial charge in [-0.2, -0.15) is 0 Å². The van der Waals surface area contributed by atoms with Crippen molar-refractivity contribution in [3.63, 3.8) is 0 Å². The maximum Gasteiger partial charge on any atom is 0.417 e. The normalized spacial score (nSPS) is 12.6. The van der Waals surface area contributed by atoms with Gasteiger partial charge in [-0.25, -0.2) is 4.79 Å². The Hall–Kier alpha value is -2.98. The quantitative estimate of drug-likeness (QED) is 0.650. The standard InChI is InChI=1S/C22H19ClN2O2/c23-18-6-8-19(9-7-18)24-22(26)27-20-10-11-21-17(14-20)12-13-25(21)15-16-4-2-1-3-5-16/h1-11,14H,12-13,15H2,(H,24,26). The molecule has 0 saturated heterocycles. The zero-order valence-electron chi connectivity index (χ0n) is 14.7. The molecular formula is C22H19ClN2O2. The number of fused-ring (bicyclic) bond motifs is 1. The molecule has 4 nitrogen and oxygen atoms in total. The number of carbonyl (C=O) groups excluding carboxylic acids is 1. The van der Waals surface area contributed by atoms with Gasteiger partial charge in [0.05, 0.1) is 0 Å². The Morgan fingerprint density at radius 1 is 1.04 bits per heavy atom. The van der Waals surface area contributed by atoms with Gasteiger partial charge >= 0.3 is 6.09 Å². The average molecular weight is 379 g/mol. The molecule has 1 aliphatic heterocycles. The van der Waals surface area contributed by atoms with Crippen molar-refractivity contribution >= 4 is 29.1 Å². The van der Waals surface area contributed by atoms with Gasteiger partial charge in [-0.15, -0.1) is 0 Å². The molecule has 3 aromatic carbocycles. The minimum absolute atomic E-state index is 0.517. The molecule has 0 radical (unpaired) electrons. The van der Waals surface area contributed by atoms with E-state index in [9.17, 15) is 4.79 Å². The minimum atomic E-state index is -0.517. The van der Waals surface area contributed by atoms with Crippen molar-refractivity contribution in [2.24, 2.45) is 0 Å². The molecule has 1 heterocycles. The lowest BCUT2D eigenvalue weighted by atomic mass is 10.1. The Bertz CT molecular complexity index is 942. The molecule has 136 valence electrons. The van der Waals surface area contributed by atoms with E-state index in [1.54, 1.807) is 24.3 Å². The second kappa shape index (κ2) is 7.72. The molecule has 0 fully saturated rings. The molecule has 3 aromatic rings. The zero-order valence-corrected chi connectivity index (χ0v) is 15.4. The molecule has 0 aliphatic carbocycles. The third-order valence-corrected chi connectivity index (χ3v) is 4.81. The molecule has 1 N–H and O–H groups in total. The highest BCUT2D eigenvalue weighted by Crippen LogP contribution is 2.32. The second-order valence-electron chi connectivity index (χ2n) is 6.47. The summed E-state index contributed by atoms with van der Waals surface area (Å²) in [6.45, 7) is 1.84. The van der Waals surface area contributed by atoms with Gasteiger partial charge < -0.3 is 9.64 Å². The van der Waals surface area contributed by atoms with Crippen LogP contribution in [-0.4, -0.2) is 12.6 Å². The average Bonchev–Trinajstić information content (AvgIpc) is 3.06. The van der Waals surface area contributed by atoms with Crippen molar-refractivity contribution in [3.8, 4) is 5.75 Å². The van der Waals surface area contributed by atoms with Gasteiger partial charge in [-0.05, 0) is 60.0 Å². The summed E-state index contributed by atoms with van der Waals surface area (Å²) >= 11 is 5.85. The lowest BCUT2D eigenvalue weighted by Gasteiger charge is -2.19. The van der Waals surface area contributed by atoms with Gasteiger partial charge in [-0.1, -0.05) is 41.9 Å². The van der Waals surface area contributed by atoms with Gasteiger partial charge in [0.25, 0.3) is 0 Å². The molecule has 0 bridgehead atoms. The Morgan fingerprint density at radius 3 is 2.59 bits per heavy atom. The summed E-state index contributed by atoms with van der Waals surface area (Å²) in [6, 6.07) is 23.1. The molecule has 0 unspecified atom stereocenters. The number of rotatable bonds is 4. The smallest absolute Gasteiger partial charge is 0.410 e. The fourth-order valence-corrected chi connectivity index (χ4v) is 3.39. The van der Waals surface area contributed by atoms with Crippen molar-refractivity contribution < 1.29 is 9.53 Å². The number of halogens is 1. The first-order valence-corrected chi connectivity index (χ1v) is 9.21. The van der Waals surface area contributed by atoms with Crippen LogP contribution in [0.25, 0.3) is 0 Å². The molecule has 4 rings (SSSR count). The summed E-state index contributed by atoms with van der Waals surface area (Å²) in [5.41, 5.74) is 4.32. The number of amides is 1. The van der Waals surface area contributed by atoms with Crippen molar-refractivity contribution in [3.05, 3.63) is 88.9 Å². The van der Waals surface area contributed by atoms with Crippen LogP contribution in [0.2, 0.25) is 5.02 Å². The number of hydrogen-bond acceptors (Lipinski definition) is 3. The molecular weight excluding hydrogens is 360 g/mol. The predicted molar refractivity (Wildman–Crippen MR) is 109 cm³/mol. The topological polar surface area (TPSA) is 41.6 Å². The molecule has 0 aromatic heterocycles. The first-order valence-electron chi connectivity index (χ1n) is 8.83. The molecule has 0 saturated carbocycles. The van der Waals surface area contributed by atoms with E-state index in [0.717, 1.165) is 19.5 Å². The summed E-state index contributed by atoms with van der Waals surface area (Å²) in [6.07, 6.45) is 0.425. The summed E-state index contributed by atoms with van der Waals surface area (Å²) in [7, 11) is 0. The van der Waals surface area contributed by atoms with Gasteiger partial charge in [0.2, 0.25) is 0 Å². The molecule has 0 atom stereocenters. The largest absolute Gasteiger partial charge is 0.417 e. The molecule has 0 spiro atoms. The third-order valence-electron chi connectivity index (χ3n) is 4.56. The maximum atomic E-state index is 12.1. The highest BCUT2D eigenvalue weighted by Gasteiger charge is 2.20. The number of hydrogen-bond donors (Lipinski definition) is 1. The minimum Gasteiger partial charge on any atom is -0.410 e. The van der Waals surface area contributed by atoms with Crippen LogP contribution < -0.4 is 15.0 Å². The van der Waals surface area contributed by atoms with E-state index in [1.807, 2.05) is 24.3 Å². The fraction of sp³-hybridized carbons (Fsp3) is 0.136. The van der Waals surface area contributed by atoms with Crippen molar-refractivity contribution in [2.45, 2.75) is 13.0 Å². The van der Waals surface area contributed by atoms with Crippen molar-refractivity contribution in [1.82, 2.24) is 0 Å². The maximum absolute atomic E-state index is 12.1. The van der Waals surface area contributed by atoms with E-state index in [2.05, 4.69) is 34.5 Å². The first-order chi connectivity index (χ1) is 13.2. The van der Waals surface area contributed by atoms with Crippen LogP contribution in [0.4, 0.5) is 16.2 Å². The Kier molecular flexibility index (Phi) is 4.99. The van der Waals surface area contributed by atoms with Crippen LogP contribution in [0.3, 0.4) is 0 Å². The van der Waals surface area contributed by atoms with E-state index in [-0.39, 0.29) is 0 Å². The summed E-state index contributed by atoms with van der Waals surface area (Å²) in [4.78, 5) is 14.4. The number of anilines is 2. The van der Waals surface area contributed by atoms with Gasteiger partial charge in [0.15, 0.2) is 0 Å². The summed E-state index contributed by atoms with van der Waals surface area (Å²) in [5, 5.41) is 3.31. The van der Waals surface area contributed by atoms with Crippen LogP contribution in [0, 0.1) is 0 Å². The molecule has 1 aliphatic rings. The lowest BCUT2D eigenvalue weighted by Crippen LogP contribution is -2.19. The number of nitrogens with one attached hydrogen (secondary N) is 1. The van der Waals surface area contributed by atoms with E-state index >= 15 is 0 Å². The molecule has 1 amide bonds. The highest BCUT2D eigenvalue weighted by atomic mass is 35.5. The summed E-state index contributed by atoms with van der Waals surface area (Å²) < 4.78 is 5.43. The van der Waals surface area contributed by atoms with Crippen LogP contribution in [-0.2, 0) is 13.0 Å². The number of ether oxygens (including phenoxy) is 1. The fourth-order valence-electron chi connectivity index (χ4n) is 3.26. The van der Waals surface area contributed by atoms with E-state index in [1.165, 1.54) is 16.8 Å². The molecule has 5 heteroatoms. The highest BCUT2D eigenvalue weighted by molar-refractivity contribution is 6.30. The summed E-state index contributed by atoms with van der Waals surface area (Å²) in [5.74, 6) is 0.543. The zero-order chi connectivity index (χ0) is 18.6. The SMILES string of the molecule is O=C(Nc1ccc(Cl)cc1)Oc1ccc2c(c1)CCN2Cc1ccccc1. The predicted octanol–water partition coefficient (Wildman–Crippen LogP) is 5.51. The number of benzene rings is 3. The monoisotopic (exact) mass is 378 g/mol. The van der Waals surface area contributed by atoms with Crippen molar-refractivity contribution in [2.75, 3.05) is 16.8 Å². The van der Waals surface area contributed by atoms with E-state index < -0.39 is 6.09 Å². The van der Waals surface area contributed by atoms with Crippen LogP contribution in [0.5, 0.6) is 5.75 Å². The van der Waals surface area contributed by atoms with E-state index in [0.29, 0.717) is 16.5 Å². The van der Waals surface area contributed by atoms with Crippen molar-refractivity contribution in [1.29, 1.82) is 0 Å². The first kappa shape index (κ1) is 17.4. The Morgan fingerprint density at radius 2 is 1.81 bits per heavy atom. The van der Waals surface area contributed by atoms with Gasteiger partial charge in [0, 0.05) is 29.5 Å². The number of carbonyl (C=O) groups is 1.